The number of H-pyrrole nitrogens is 1. The molecular formula is C14H12N6O3. The number of nitrogen functional groups attached to an aromatic ring is 1. The van der Waals surface area contributed by atoms with Gasteiger partial charge in [0.25, 0.3) is 5.56 Å². The van der Waals surface area contributed by atoms with E-state index in [1.54, 1.807) is 18.2 Å². The Morgan fingerprint density at radius 1 is 1.26 bits per heavy atom. The smallest absolute Gasteiger partial charge is 0.270 e. The molecule has 3 aromatic rings. The highest BCUT2D eigenvalue weighted by Gasteiger charge is 2.18. The first-order valence-electron chi connectivity index (χ1n) is 6.49. The number of fused-ring (bicyclic) bond motifs is 1. The Hall–Kier alpha value is -3.54. The second-order valence-electron chi connectivity index (χ2n) is 4.60. The first-order chi connectivity index (χ1) is 11.1. The number of nitrogens with one attached hydrogen (secondary N) is 1. The third-order valence-corrected chi connectivity index (χ3v) is 3.26. The van der Waals surface area contributed by atoms with Gasteiger partial charge in [-0.1, -0.05) is 0 Å². The molecule has 0 aliphatic heterocycles. The van der Waals surface area contributed by atoms with Crippen LogP contribution in [0.1, 0.15) is 5.56 Å². The average Bonchev–Trinajstić information content (AvgIpc) is 2.92. The van der Waals surface area contributed by atoms with E-state index >= 15 is 0 Å². The van der Waals surface area contributed by atoms with Crippen LogP contribution in [-0.4, -0.2) is 33.8 Å². The molecule has 0 atom stereocenters. The predicted molar refractivity (Wildman–Crippen MR) is 81.3 cm³/mol. The van der Waals surface area contributed by atoms with Crippen LogP contribution >= 0.6 is 0 Å². The fraction of sp³-hybridized carbons (Fsp3) is 0.143. The lowest BCUT2D eigenvalue weighted by Gasteiger charge is -2.10. The van der Waals surface area contributed by atoms with Crippen LogP contribution in [0.25, 0.3) is 17.0 Å². The van der Waals surface area contributed by atoms with E-state index in [9.17, 15) is 10.1 Å². The Balaban J connectivity index is 2.44. The number of aromatic nitrogens is 4. The number of rotatable bonds is 3. The number of ether oxygens (including phenoxy) is 2. The van der Waals surface area contributed by atoms with Crippen molar-refractivity contribution in [3.63, 3.8) is 0 Å². The number of benzene rings is 1. The number of nitrogens with zero attached hydrogens (tertiary/aromatic N) is 4. The molecule has 2 heterocycles. The van der Waals surface area contributed by atoms with Crippen molar-refractivity contribution < 1.29 is 9.47 Å². The van der Waals surface area contributed by atoms with Gasteiger partial charge in [0.1, 0.15) is 23.1 Å². The zero-order valence-corrected chi connectivity index (χ0v) is 12.3. The SMILES string of the molecule is COc1cc(OC)cc(-c2c(C#N)c(=O)[nH]c3nc(N)nn23)c1. The Kier molecular flexibility index (Phi) is 3.34. The highest BCUT2D eigenvalue weighted by molar-refractivity contribution is 5.71. The predicted octanol–water partition coefficient (Wildman–Crippen LogP) is 0.556. The van der Waals surface area contributed by atoms with Crippen molar-refractivity contribution in [2.75, 3.05) is 20.0 Å². The molecule has 0 amide bonds. The second-order valence-corrected chi connectivity index (χ2v) is 4.60. The summed E-state index contributed by atoms with van der Waals surface area (Å²) in [5, 5.41) is 13.4. The van der Waals surface area contributed by atoms with Crippen LogP contribution in [0.5, 0.6) is 11.5 Å². The molecule has 0 unspecified atom stereocenters. The van der Waals surface area contributed by atoms with Crippen molar-refractivity contribution in [1.29, 1.82) is 5.26 Å². The molecule has 9 nitrogen and oxygen atoms in total. The average molecular weight is 312 g/mol. The Morgan fingerprint density at radius 2 is 1.91 bits per heavy atom. The molecule has 0 aliphatic rings. The van der Waals surface area contributed by atoms with Crippen LogP contribution in [0.4, 0.5) is 5.95 Å². The maximum absolute atomic E-state index is 12.1. The number of methoxy groups -OCH3 is 2. The molecule has 0 saturated heterocycles. The topological polar surface area (TPSA) is 131 Å². The van der Waals surface area contributed by atoms with Crippen LogP contribution < -0.4 is 20.8 Å². The molecule has 2 aromatic heterocycles. The van der Waals surface area contributed by atoms with Crippen molar-refractivity contribution >= 4 is 11.7 Å². The molecule has 0 spiro atoms. The van der Waals surface area contributed by atoms with Gasteiger partial charge in [-0.15, -0.1) is 5.10 Å². The van der Waals surface area contributed by atoms with Crippen molar-refractivity contribution in [3.05, 3.63) is 34.1 Å². The van der Waals surface area contributed by atoms with Gasteiger partial charge in [0.05, 0.1) is 19.9 Å². The third-order valence-electron chi connectivity index (χ3n) is 3.26. The lowest BCUT2D eigenvalue weighted by molar-refractivity contribution is 0.394. The lowest BCUT2D eigenvalue weighted by atomic mass is 10.1. The van der Waals surface area contributed by atoms with Crippen LogP contribution in [0.2, 0.25) is 0 Å². The molecule has 1 aromatic carbocycles. The maximum atomic E-state index is 12.1. The van der Waals surface area contributed by atoms with E-state index in [0.29, 0.717) is 17.1 Å². The summed E-state index contributed by atoms with van der Waals surface area (Å²) < 4.78 is 11.8. The van der Waals surface area contributed by atoms with Crippen LogP contribution in [0, 0.1) is 11.3 Å². The Bertz CT molecular complexity index is 976. The summed E-state index contributed by atoms with van der Waals surface area (Å²) in [5.74, 6) is 1.13. The zero-order chi connectivity index (χ0) is 16.6. The highest BCUT2D eigenvalue weighted by atomic mass is 16.5. The summed E-state index contributed by atoms with van der Waals surface area (Å²) in [6, 6.07) is 6.88. The monoisotopic (exact) mass is 312 g/mol. The Morgan fingerprint density at radius 3 is 2.48 bits per heavy atom. The molecule has 116 valence electrons. The summed E-state index contributed by atoms with van der Waals surface area (Å²) in [6.45, 7) is 0. The lowest BCUT2D eigenvalue weighted by Crippen LogP contribution is -2.16. The summed E-state index contributed by atoms with van der Waals surface area (Å²) in [6.07, 6.45) is 0. The van der Waals surface area contributed by atoms with Crippen LogP contribution in [-0.2, 0) is 0 Å². The standard InChI is InChI=1S/C14H12N6O3/c1-22-8-3-7(4-9(5-8)23-2)11-10(6-15)12(21)17-14-18-13(16)19-20(11)14/h3-5H,1-2H3,(H3,16,17,18,19,21). The van der Waals surface area contributed by atoms with Gasteiger partial charge in [-0.2, -0.15) is 14.8 Å². The molecular weight excluding hydrogens is 300 g/mol. The fourth-order valence-corrected chi connectivity index (χ4v) is 2.26. The summed E-state index contributed by atoms with van der Waals surface area (Å²) in [4.78, 5) is 18.5. The zero-order valence-electron chi connectivity index (χ0n) is 12.3. The molecule has 0 radical (unpaired) electrons. The number of hydrogen-bond acceptors (Lipinski definition) is 7. The van der Waals surface area contributed by atoms with Gasteiger partial charge in [0, 0.05) is 11.6 Å². The minimum absolute atomic E-state index is 0.0214. The normalized spacial score (nSPS) is 10.5. The van der Waals surface area contributed by atoms with E-state index in [1.165, 1.54) is 18.7 Å². The number of hydrogen-bond donors (Lipinski definition) is 2. The van der Waals surface area contributed by atoms with Gasteiger partial charge in [0.2, 0.25) is 11.7 Å². The van der Waals surface area contributed by atoms with Crippen molar-refractivity contribution in [2.45, 2.75) is 0 Å². The second kappa shape index (κ2) is 5.34. The number of aromatic amines is 1. The van der Waals surface area contributed by atoms with E-state index in [-0.39, 0.29) is 23.0 Å². The number of anilines is 1. The molecule has 0 saturated carbocycles. The fourth-order valence-electron chi connectivity index (χ4n) is 2.26. The van der Waals surface area contributed by atoms with E-state index in [2.05, 4.69) is 15.1 Å². The van der Waals surface area contributed by atoms with Crippen LogP contribution in [0.3, 0.4) is 0 Å². The van der Waals surface area contributed by atoms with Gasteiger partial charge < -0.3 is 15.2 Å². The number of nitrogens with two attached hydrogens (primary N) is 1. The molecule has 0 aliphatic carbocycles. The quantitative estimate of drug-likeness (QED) is 0.722. The Labute approximate surface area is 129 Å². The molecule has 0 fully saturated rings. The van der Waals surface area contributed by atoms with E-state index in [4.69, 9.17) is 15.2 Å². The van der Waals surface area contributed by atoms with Gasteiger partial charge >= 0.3 is 0 Å². The van der Waals surface area contributed by atoms with E-state index < -0.39 is 5.56 Å². The van der Waals surface area contributed by atoms with Gasteiger partial charge in [-0.25, -0.2) is 0 Å². The van der Waals surface area contributed by atoms with Gasteiger partial charge in [-0.05, 0) is 12.1 Å². The van der Waals surface area contributed by atoms with Crippen molar-refractivity contribution in [1.82, 2.24) is 19.6 Å². The van der Waals surface area contributed by atoms with Gasteiger partial charge in [0.15, 0.2) is 0 Å². The van der Waals surface area contributed by atoms with E-state index in [0.717, 1.165) is 0 Å². The largest absolute Gasteiger partial charge is 0.497 e. The summed E-state index contributed by atoms with van der Waals surface area (Å²) in [7, 11) is 3.01. The van der Waals surface area contributed by atoms with Crippen molar-refractivity contribution in [2.24, 2.45) is 0 Å². The highest BCUT2D eigenvalue weighted by Crippen LogP contribution is 2.30. The summed E-state index contributed by atoms with van der Waals surface area (Å²) >= 11 is 0. The van der Waals surface area contributed by atoms with Crippen LogP contribution in [0.15, 0.2) is 23.0 Å². The van der Waals surface area contributed by atoms with Crippen molar-refractivity contribution in [3.8, 4) is 28.8 Å². The van der Waals surface area contributed by atoms with Gasteiger partial charge in [-0.3, -0.25) is 9.78 Å². The molecule has 9 heteroatoms. The first kappa shape index (κ1) is 14.4. The number of nitriles is 1. The minimum atomic E-state index is -0.579. The molecule has 3 rings (SSSR count). The summed E-state index contributed by atoms with van der Waals surface area (Å²) in [5.41, 5.74) is 5.67. The van der Waals surface area contributed by atoms with E-state index in [1.807, 2.05) is 6.07 Å². The minimum Gasteiger partial charge on any atom is -0.497 e. The first-order valence-corrected chi connectivity index (χ1v) is 6.49. The molecule has 0 bridgehead atoms. The maximum Gasteiger partial charge on any atom is 0.270 e. The molecule has 3 N–H and O–H groups in total. The molecule has 23 heavy (non-hydrogen) atoms. The third kappa shape index (κ3) is 2.32.